The van der Waals surface area contributed by atoms with E-state index in [0.29, 0.717) is 6.42 Å². The van der Waals surface area contributed by atoms with Crippen molar-refractivity contribution in [1.29, 1.82) is 0 Å². The number of aryl methyl sites for hydroxylation is 1. The molecule has 0 aliphatic carbocycles. The molecule has 0 heterocycles. The number of rotatable bonds is 6. The third-order valence-corrected chi connectivity index (χ3v) is 2.63. The Morgan fingerprint density at radius 3 is 2.56 bits per heavy atom. The summed E-state index contributed by atoms with van der Waals surface area (Å²) in [6.45, 7) is 7.89. The van der Waals surface area contributed by atoms with Gasteiger partial charge in [0, 0.05) is 5.69 Å². The monoisotopic (exact) mass is 250 g/mol. The van der Waals surface area contributed by atoms with Crippen LogP contribution in [-0.4, -0.2) is 18.1 Å². The molecule has 0 aromatic heterocycles. The molecule has 0 saturated heterocycles. The van der Waals surface area contributed by atoms with Crippen molar-refractivity contribution in [1.82, 2.24) is 0 Å². The standard InChI is InChI=1S/C14H22N2O2/c1-5-12(14(15)17)16-11-6-7-13(10(4)8-11)18-9(2)3/h6-9,12,16H,5H2,1-4H3,(H2,15,17)/t12-/m0/s1. The number of carbonyl (C=O) groups excluding carboxylic acids is 1. The Morgan fingerprint density at radius 1 is 1.44 bits per heavy atom. The molecule has 1 atom stereocenters. The van der Waals surface area contributed by atoms with Crippen molar-refractivity contribution in [3.63, 3.8) is 0 Å². The minimum absolute atomic E-state index is 0.150. The molecule has 100 valence electrons. The molecule has 4 heteroatoms. The topological polar surface area (TPSA) is 64.3 Å². The Kier molecular flexibility index (Phi) is 5.01. The number of primary amides is 1. The minimum atomic E-state index is -0.335. The number of carbonyl (C=O) groups is 1. The van der Waals surface area contributed by atoms with E-state index in [2.05, 4.69) is 5.32 Å². The second-order valence-corrected chi connectivity index (χ2v) is 4.65. The van der Waals surface area contributed by atoms with E-state index in [1.165, 1.54) is 0 Å². The molecule has 0 fully saturated rings. The maximum absolute atomic E-state index is 11.2. The maximum Gasteiger partial charge on any atom is 0.239 e. The largest absolute Gasteiger partial charge is 0.491 e. The van der Waals surface area contributed by atoms with Crippen LogP contribution >= 0.6 is 0 Å². The molecule has 0 bridgehead atoms. The van der Waals surface area contributed by atoms with Gasteiger partial charge in [-0.05, 0) is 51.0 Å². The molecule has 1 amide bonds. The quantitative estimate of drug-likeness (QED) is 0.815. The van der Waals surface area contributed by atoms with E-state index >= 15 is 0 Å². The van der Waals surface area contributed by atoms with Crippen molar-refractivity contribution < 1.29 is 9.53 Å². The van der Waals surface area contributed by atoms with E-state index in [1.54, 1.807) is 0 Å². The van der Waals surface area contributed by atoms with Crippen LogP contribution < -0.4 is 15.8 Å². The summed E-state index contributed by atoms with van der Waals surface area (Å²) >= 11 is 0. The Balaban J connectivity index is 2.80. The molecule has 18 heavy (non-hydrogen) atoms. The molecule has 4 nitrogen and oxygen atoms in total. The molecule has 0 aliphatic rings. The van der Waals surface area contributed by atoms with Crippen LogP contribution in [0.15, 0.2) is 18.2 Å². The molecule has 0 saturated carbocycles. The SMILES string of the molecule is CC[C@H](Nc1ccc(OC(C)C)c(C)c1)C(N)=O. The molecule has 1 aromatic rings. The van der Waals surface area contributed by atoms with E-state index in [4.69, 9.17) is 10.5 Å². The van der Waals surface area contributed by atoms with Gasteiger partial charge in [-0.1, -0.05) is 6.92 Å². The molecular formula is C14H22N2O2. The molecule has 0 aliphatic heterocycles. The van der Waals surface area contributed by atoms with Gasteiger partial charge in [-0.3, -0.25) is 4.79 Å². The van der Waals surface area contributed by atoms with E-state index < -0.39 is 0 Å². The molecule has 1 aromatic carbocycles. The predicted molar refractivity (Wildman–Crippen MR) is 73.8 cm³/mol. The van der Waals surface area contributed by atoms with Crippen molar-refractivity contribution >= 4 is 11.6 Å². The Morgan fingerprint density at radius 2 is 2.11 bits per heavy atom. The molecule has 0 unspecified atom stereocenters. The maximum atomic E-state index is 11.2. The zero-order valence-corrected chi connectivity index (χ0v) is 11.5. The van der Waals surface area contributed by atoms with Gasteiger partial charge in [0.15, 0.2) is 0 Å². The number of anilines is 1. The van der Waals surface area contributed by atoms with Gasteiger partial charge < -0.3 is 15.8 Å². The third kappa shape index (κ3) is 3.95. The van der Waals surface area contributed by atoms with Gasteiger partial charge in [-0.25, -0.2) is 0 Å². The Hall–Kier alpha value is -1.71. The fraction of sp³-hybridized carbons (Fsp3) is 0.500. The second kappa shape index (κ2) is 6.28. The number of hydrogen-bond acceptors (Lipinski definition) is 3. The molecule has 0 radical (unpaired) electrons. The summed E-state index contributed by atoms with van der Waals surface area (Å²) in [5.41, 5.74) is 7.22. The lowest BCUT2D eigenvalue weighted by Gasteiger charge is -2.17. The summed E-state index contributed by atoms with van der Waals surface area (Å²) < 4.78 is 5.66. The van der Waals surface area contributed by atoms with Crippen LogP contribution in [0.3, 0.4) is 0 Å². The molecule has 1 rings (SSSR count). The number of hydrogen-bond donors (Lipinski definition) is 2. The van der Waals surface area contributed by atoms with E-state index in [-0.39, 0.29) is 18.1 Å². The Bertz CT molecular complexity index is 416. The second-order valence-electron chi connectivity index (χ2n) is 4.65. The lowest BCUT2D eigenvalue weighted by atomic mass is 10.1. The van der Waals surface area contributed by atoms with Gasteiger partial charge in [-0.15, -0.1) is 0 Å². The summed E-state index contributed by atoms with van der Waals surface area (Å²) in [5, 5.41) is 3.12. The van der Waals surface area contributed by atoms with E-state index in [0.717, 1.165) is 17.0 Å². The number of benzene rings is 1. The first kappa shape index (κ1) is 14.4. The van der Waals surface area contributed by atoms with Crippen molar-refractivity contribution in [3.05, 3.63) is 23.8 Å². The van der Waals surface area contributed by atoms with Crippen LogP contribution in [0.5, 0.6) is 5.75 Å². The highest BCUT2D eigenvalue weighted by Gasteiger charge is 2.12. The first-order valence-electron chi connectivity index (χ1n) is 6.27. The fourth-order valence-electron chi connectivity index (χ4n) is 1.70. The van der Waals surface area contributed by atoms with Crippen LogP contribution in [0.1, 0.15) is 32.8 Å². The van der Waals surface area contributed by atoms with Gasteiger partial charge in [0.25, 0.3) is 0 Å². The highest BCUT2D eigenvalue weighted by Crippen LogP contribution is 2.23. The first-order chi connectivity index (χ1) is 8.43. The van der Waals surface area contributed by atoms with Crippen LogP contribution in [-0.2, 0) is 4.79 Å². The van der Waals surface area contributed by atoms with E-state index in [1.807, 2.05) is 45.9 Å². The normalized spacial score (nSPS) is 12.3. The van der Waals surface area contributed by atoms with Crippen LogP contribution in [0.4, 0.5) is 5.69 Å². The molecular weight excluding hydrogens is 228 g/mol. The Labute approximate surface area is 109 Å². The van der Waals surface area contributed by atoms with E-state index in [9.17, 15) is 4.79 Å². The van der Waals surface area contributed by atoms with Gasteiger partial charge >= 0.3 is 0 Å². The van der Waals surface area contributed by atoms with Crippen molar-refractivity contribution in [2.75, 3.05) is 5.32 Å². The number of amides is 1. The van der Waals surface area contributed by atoms with Crippen LogP contribution in [0.2, 0.25) is 0 Å². The lowest BCUT2D eigenvalue weighted by Crippen LogP contribution is -2.34. The number of nitrogens with one attached hydrogen (secondary N) is 1. The summed E-state index contributed by atoms with van der Waals surface area (Å²) in [7, 11) is 0. The average molecular weight is 250 g/mol. The predicted octanol–water partition coefficient (Wildman–Crippen LogP) is 2.46. The summed E-state index contributed by atoms with van der Waals surface area (Å²) in [5.74, 6) is 0.528. The average Bonchev–Trinajstić information content (AvgIpc) is 2.28. The smallest absolute Gasteiger partial charge is 0.239 e. The van der Waals surface area contributed by atoms with Gasteiger partial charge in [0.1, 0.15) is 11.8 Å². The summed E-state index contributed by atoms with van der Waals surface area (Å²) in [6, 6.07) is 5.44. The van der Waals surface area contributed by atoms with Crippen molar-refractivity contribution in [3.8, 4) is 5.75 Å². The third-order valence-electron chi connectivity index (χ3n) is 2.63. The van der Waals surface area contributed by atoms with Crippen LogP contribution in [0.25, 0.3) is 0 Å². The minimum Gasteiger partial charge on any atom is -0.491 e. The zero-order valence-electron chi connectivity index (χ0n) is 11.5. The van der Waals surface area contributed by atoms with Crippen molar-refractivity contribution in [2.24, 2.45) is 5.73 Å². The van der Waals surface area contributed by atoms with Crippen LogP contribution in [0, 0.1) is 6.92 Å². The number of nitrogens with two attached hydrogens (primary N) is 1. The highest BCUT2D eigenvalue weighted by atomic mass is 16.5. The highest BCUT2D eigenvalue weighted by molar-refractivity contribution is 5.82. The molecule has 3 N–H and O–H groups in total. The van der Waals surface area contributed by atoms with Gasteiger partial charge in [0.2, 0.25) is 5.91 Å². The summed E-state index contributed by atoms with van der Waals surface area (Å²) in [4.78, 5) is 11.2. The van der Waals surface area contributed by atoms with Crippen molar-refractivity contribution in [2.45, 2.75) is 46.3 Å². The summed E-state index contributed by atoms with van der Waals surface area (Å²) in [6.07, 6.45) is 0.815. The fourth-order valence-corrected chi connectivity index (χ4v) is 1.70. The van der Waals surface area contributed by atoms with Gasteiger partial charge in [0.05, 0.1) is 6.10 Å². The lowest BCUT2D eigenvalue weighted by molar-refractivity contribution is -0.118. The zero-order chi connectivity index (χ0) is 13.7. The van der Waals surface area contributed by atoms with Gasteiger partial charge in [-0.2, -0.15) is 0 Å². The number of ether oxygens (including phenoxy) is 1. The first-order valence-corrected chi connectivity index (χ1v) is 6.27. The molecule has 0 spiro atoms.